The van der Waals surface area contributed by atoms with E-state index in [1.54, 1.807) is 19.8 Å². The summed E-state index contributed by atoms with van der Waals surface area (Å²) in [6, 6.07) is 0. The Kier molecular flexibility index (Phi) is 5.42. The van der Waals surface area contributed by atoms with Crippen molar-refractivity contribution in [2.45, 2.75) is 76.6 Å². The van der Waals surface area contributed by atoms with Gasteiger partial charge in [0.2, 0.25) is 0 Å². The van der Waals surface area contributed by atoms with Gasteiger partial charge in [0.15, 0.2) is 5.79 Å². The third-order valence-electron chi connectivity index (χ3n) is 9.46. The highest BCUT2D eigenvalue weighted by atomic mass is 19.1. The van der Waals surface area contributed by atoms with Gasteiger partial charge in [0.1, 0.15) is 5.60 Å². The second-order valence-electron chi connectivity index (χ2n) is 10.4. The molecular weight excluding hydrogens is 367 g/mol. The fourth-order valence-electron chi connectivity index (χ4n) is 7.97. The van der Waals surface area contributed by atoms with Gasteiger partial charge in [0, 0.05) is 32.5 Å². The van der Waals surface area contributed by atoms with E-state index < -0.39 is 11.4 Å². The zero-order valence-corrected chi connectivity index (χ0v) is 18.5. The molecule has 162 valence electrons. The average molecular weight is 405 g/mol. The summed E-state index contributed by atoms with van der Waals surface area (Å²) in [5, 5.41) is 11.3. The van der Waals surface area contributed by atoms with E-state index >= 15 is 0 Å². The van der Waals surface area contributed by atoms with Crippen LogP contribution in [0.25, 0.3) is 0 Å². The van der Waals surface area contributed by atoms with Gasteiger partial charge in [0.25, 0.3) is 0 Å². The monoisotopic (exact) mass is 404 g/mol. The number of alkyl halides is 1. The van der Waals surface area contributed by atoms with Crippen molar-refractivity contribution in [1.82, 2.24) is 0 Å². The van der Waals surface area contributed by atoms with Gasteiger partial charge in [-0.2, -0.15) is 0 Å². The van der Waals surface area contributed by atoms with Crippen molar-refractivity contribution in [3.8, 4) is 12.3 Å². The maximum absolute atomic E-state index is 13.7. The summed E-state index contributed by atoms with van der Waals surface area (Å²) in [6.45, 7) is 4.23. The molecule has 0 aromatic carbocycles. The van der Waals surface area contributed by atoms with Gasteiger partial charge in [-0.05, 0) is 68.1 Å². The highest BCUT2D eigenvalue weighted by Gasteiger charge is 2.64. The summed E-state index contributed by atoms with van der Waals surface area (Å²) in [4.78, 5) is 0. The molecule has 0 saturated heterocycles. The molecule has 4 unspecified atom stereocenters. The normalized spacial score (nSPS) is 45.9. The van der Waals surface area contributed by atoms with Gasteiger partial charge in [-0.1, -0.05) is 30.9 Å². The summed E-state index contributed by atoms with van der Waals surface area (Å²) < 4.78 is 25.2. The number of halogens is 1. The summed E-state index contributed by atoms with van der Waals surface area (Å²) >= 11 is 0. The van der Waals surface area contributed by atoms with Crippen LogP contribution in [0.4, 0.5) is 4.39 Å². The fourth-order valence-corrected chi connectivity index (χ4v) is 7.97. The minimum absolute atomic E-state index is 0.245. The largest absolute Gasteiger partial charge is 0.377 e. The van der Waals surface area contributed by atoms with E-state index in [0.29, 0.717) is 36.5 Å². The Hall–Kier alpha value is -0.890. The van der Waals surface area contributed by atoms with Gasteiger partial charge in [0.05, 0.1) is 6.67 Å². The van der Waals surface area contributed by atoms with Gasteiger partial charge >= 0.3 is 0 Å². The maximum atomic E-state index is 13.7. The molecule has 0 bridgehead atoms. The SMILES string of the molecule is C#C[C@]1(O)CCC2C3C(C)CC4=C(CCC(OC)(OC)C4)C3[C@@H](CCF)C[C@@]21C. The van der Waals surface area contributed by atoms with Crippen LogP contribution in [-0.4, -0.2) is 37.4 Å². The zero-order valence-electron chi connectivity index (χ0n) is 18.5. The summed E-state index contributed by atoms with van der Waals surface area (Å²) in [7, 11) is 3.47. The molecule has 0 amide bonds. The Bertz CT molecular complexity index is 720. The van der Waals surface area contributed by atoms with E-state index in [0.717, 1.165) is 38.5 Å². The molecule has 0 aliphatic heterocycles. The molecule has 4 aliphatic rings. The van der Waals surface area contributed by atoms with Crippen LogP contribution in [-0.2, 0) is 9.47 Å². The van der Waals surface area contributed by atoms with Gasteiger partial charge < -0.3 is 14.6 Å². The van der Waals surface area contributed by atoms with Crippen LogP contribution in [0.2, 0.25) is 0 Å². The molecule has 0 radical (unpaired) electrons. The molecule has 0 spiro atoms. The van der Waals surface area contributed by atoms with Crippen LogP contribution in [0.3, 0.4) is 0 Å². The molecular formula is C25H37FO3. The van der Waals surface area contributed by atoms with Gasteiger partial charge in [-0.3, -0.25) is 4.39 Å². The average Bonchev–Trinajstić information content (AvgIpc) is 2.98. The molecule has 7 atom stereocenters. The molecule has 2 fully saturated rings. The van der Waals surface area contributed by atoms with Crippen molar-refractivity contribution in [1.29, 1.82) is 0 Å². The van der Waals surface area contributed by atoms with Crippen molar-refractivity contribution in [3.05, 3.63) is 11.1 Å². The Labute approximate surface area is 175 Å². The summed E-state index contributed by atoms with van der Waals surface area (Å²) in [5.74, 6) is 4.27. The number of methoxy groups -OCH3 is 2. The molecule has 4 heteroatoms. The van der Waals surface area contributed by atoms with Crippen molar-refractivity contribution in [3.63, 3.8) is 0 Å². The van der Waals surface area contributed by atoms with E-state index in [2.05, 4.69) is 19.8 Å². The van der Waals surface area contributed by atoms with Crippen molar-refractivity contribution in [2.24, 2.45) is 35.0 Å². The third kappa shape index (κ3) is 2.95. The second kappa shape index (κ2) is 7.36. The lowest BCUT2D eigenvalue weighted by Gasteiger charge is -2.58. The highest BCUT2D eigenvalue weighted by molar-refractivity contribution is 5.32. The number of ether oxygens (including phenoxy) is 2. The molecule has 2 saturated carbocycles. The fraction of sp³-hybridized carbons (Fsp3) is 0.840. The number of aliphatic hydroxyl groups is 1. The first-order valence-electron chi connectivity index (χ1n) is 11.4. The first-order valence-corrected chi connectivity index (χ1v) is 11.4. The standard InChI is InChI=1S/C25H37FO3/c1-6-24(27)10-8-20-21-16(2)13-18-15-25(28-4,29-5)11-7-19(18)22(21)17(9-12-26)14-23(20,24)3/h1,16-17,20-22,27H,7-15H2,2-5H3/t16?,17-,20?,21?,22?,23-,24-/m0/s1. The topological polar surface area (TPSA) is 38.7 Å². The number of fused-ring (bicyclic) bond motifs is 4. The van der Waals surface area contributed by atoms with Crippen LogP contribution in [0.15, 0.2) is 11.1 Å². The van der Waals surface area contributed by atoms with E-state index in [4.69, 9.17) is 15.9 Å². The lowest BCUT2D eigenvalue weighted by Crippen LogP contribution is -2.56. The molecule has 29 heavy (non-hydrogen) atoms. The lowest BCUT2D eigenvalue weighted by molar-refractivity contribution is -0.214. The zero-order chi connectivity index (χ0) is 21.0. The highest BCUT2D eigenvalue weighted by Crippen LogP contribution is 2.67. The minimum atomic E-state index is -1.06. The lowest BCUT2D eigenvalue weighted by atomic mass is 9.47. The Balaban J connectivity index is 1.76. The van der Waals surface area contributed by atoms with Crippen molar-refractivity contribution >= 4 is 0 Å². The first-order chi connectivity index (χ1) is 13.8. The van der Waals surface area contributed by atoms with E-state index in [1.165, 1.54) is 5.57 Å². The molecule has 3 nitrogen and oxygen atoms in total. The van der Waals surface area contributed by atoms with Crippen LogP contribution in [0.5, 0.6) is 0 Å². The number of rotatable bonds is 4. The molecule has 0 aromatic rings. The van der Waals surface area contributed by atoms with Crippen molar-refractivity contribution < 1.29 is 19.0 Å². The molecule has 0 heterocycles. The van der Waals surface area contributed by atoms with E-state index in [-0.39, 0.29) is 18.0 Å². The molecule has 0 aromatic heterocycles. The number of terminal acetylenes is 1. The molecule has 1 N–H and O–H groups in total. The maximum Gasteiger partial charge on any atom is 0.171 e. The number of hydrogen-bond acceptors (Lipinski definition) is 3. The summed E-state index contributed by atoms with van der Waals surface area (Å²) in [6.07, 6.45) is 12.6. The predicted octanol–water partition coefficient (Wildman–Crippen LogP) is 4.89. The quantitative estimate of drug-likeness (QED) is 0.412. The predicted molar refractivity (Wildman–Crippen MR) is 112 cm³/mol. The van der Waals surface area contributed by atoms with E-state index in [9.17, 15) is 9.50 Å². The molecule has 4 rings (SSSR count). The Morgan fingerprint density at radius 2 is 2.00 bits per heavy atom. The Morgan fingerprint density at radius 3 is 2.62 bits per heavy atom. The second-order valence-corrected chi connectivity index (χ2v) is 10.4. The molecule has 4 aliphatic carbocycles. The van der Waals surface area contributed by atoms with Crippen LogP contribution >= 0.6 is 0 Å². The van der Waals surface area contributed by atoms with Crippen molar-refractivity contribution in [2.75, 3.05) is 20.9 Å². The number of hydrogen-bond donors (Lipinski definition) is 1. The minimum Gasteiger partial charge on any atom is -0.377 e. The van der Waals surface area contributed by atoms with Crippen LogP contribution in [0.1, 0.15) is 65.2 Å². The van der Waals surface area contributed by atoms with Gasteiger partial charge in [-0.15, -0.1) is 6.42 Å². The van der Waals surface area contributed by atoms with Crippen LogP contribution in [0, 0.1) is 47.3 Å². The Morgan fingerprint density at radius 1 is 1.28 bits per heavy atom. The van der Waals surface area contributed by atoms with Crippen LogP contribution < -0.4 is 0 Å². The third-order valence-corrected chi connectivity index (χ3v) is 9.46. The smallest absolute Gasteiger partial charge is 0.171 e. The van der Waals surface area contributed by atoms with Gasteiger partial charge in [-0.25, -0.2) is 0 Å². The summed E-state index contributed by atoms with van der Waals surface area (Å²) in [5.41, 5.74) is 1.66. The first kappa shape index (κ1) is 21.3. The van der Waals surface area contributed by atoms with E-state index in [1.807, 2.05) is 0 Å². The number of allylic oxidation sites excluding steroid dienone is 1.